The van der Waals surface area contributed by atoms with Gasteiger partial charge in [0, 0.05) is 19.5 Å². The van der Waals surface area contributed by atoms with Crippen molar-refractivity contribution >= 4 is 5.91 Å². The summed E-state index contributed by atoms with van der Waals surface area (Å²) in [6.07, 6.45) is 1.01. The molecule has 1 amide bonds. The van der Waals surface area contributed by atoms with Gasteiger partial charge in [-0.05, 0) is 25.8 Å². The number of hydrogen-bond donors (Lipinski definition) is 1. The highest BCUT2D eigenvalue weighted by Gasteiger charge is 2.27. The highest BCUT2D eigenvalue weighted by atomic mass is 16.5. The maximum Gasteiger partial charge on any atom is 0.223 e. The first kappa shape index (κ1) is 15.0. The number of carbonyl (C=O) groups is 1. The van der Waals surface area contributed by atoms with Crippen molar-refractivity contribution in [1.82, 2.24) is 4.90 Å². The van der Waals surface area contributed by atoms with Crippen LogP contribution >= 0.6 is 0 Å². The van der Waals surface area contributed by atoms with E-state index in [0.29, 0.717) is 19.5 Å². The number of rotatable bonds is 4. The molecule has 0 spiro atoms. The molecule has 1 heterocycles. The van der Waals surface area contributed by atoms with Crippen molar-refractivity contribution in [2.24, 2.45) is 0 Å². The fraction of sp³-hybridized carbons (Fsp3) is 0.562. The van der Waals surface area contributed by atoms with E-state index >= 15 is 0 Å². The third kappa shape index (κ3) is 4.05. The Balaban J connectivity index is 1.88. The van der Waals surface area contributed by atoms with Gasteiger partial charge in [-0.3, -0.25) is 4.79 Å². The Morgan fingerprint density at radius 2 is 2.25 bits per heavy atom. The van der Waals surface area contributed by atoms with Crippen molar-refractivity contribution in [2.45, 2.75) is 38.9 Å². The van der Waals surface area contributed by atoms with Crippen LogP contribution in [0.15, 0.2) is 24.3 Å². The zero-order valence-corrected chi connectivity index (χ0v) is 12.2. The molecular formula is C16H23NO3. The van der Waals surface area contributed by atoms with Crippen LogP contribution in [0.25, 0.3) is 0 Å². The molecule has 20 heavy (non-hydrogen) atoms. The molecule has 4 nitrogen and oxygen atoms in total. The number of nitrogens with zero attached hydrogens (tertiary/aromatic N) is 1. The Labute approximate surface area is 120 Å². The summed E-state index contributed by atoms with van der Waals surface area (Å²) in [6, 6.07) is 8.25. The molecule has 1 aromatic rings. The fourth-order valence-corrected chi connectivity index (χ4v) is 2.63. The Kier molecular flexibility index (Phi) is 5.15. The van der Waals surface area contributed by atoms with Gasteiger partial charge in [0.05, 0.1) is 18.8 Å². The first-order valence-electron chi connectivity index (χ1n) is 7.18. The topological polar surface area (TPSA) is 49.8 Å². The number of aliphatic hydroxyl groups excluding tert-OH is 1. The summed E-state index contributed by atoms with van der Waals surface area (Å²) in [5.41, 5.74) is 2.41. The van der Waals surface area contributed by atoms with E-state index in [4.69, 9.17) is 4.74 Å². The standard InChI is InChI=1S/C16H23NO3/c1-12-4-3-5-14(8-12)6-7-16(19)17-9-13(2)20-15(10-17)11-18/h3-5,8,13,15,18H,6-7,9-11H2,1-2H3. The van der Waals surface area contributed by atoms with Crippen LogP contribution in [-0.2, 0) is 16.0 Å². The van der Waals surface area contributed by atoms with Crippen molar-refractivity contribution in [3.05, 3.63) is 35.4 Å². The molecule has 0 bridgehead atoms. The predicted molar refractivity (Wildman–Crippen MR) is 77.5 cm³/mol. The van der Waals surface area contributed by atoms with E-state index in [-0.39, 0.29) is 24.7 Å². The van der Waals surface area contributed by atoms with E-state index in [2.05, 4.69) is 25.1 Å². The first-order valence-corrected chi connectivity index (χ1v) is 7.18. The number of hydrogen-bond acceptors (Lipinski definition) is 3. The van der Waals surface area contributed by atoms with Crippen molar-refractivity contribution < 1.29 is 14.6 Å². The second kappa shape index (κ2) is 6.86. The Morgan fingerprint density at radius 3 is 2.95 bits per heavy atom. The van der Waals surface area contributed by atoms with Crippen LogP contribution in [0, 0.1) is 6.92 Å². The summed E-state index contributed by atoms with van der Waals surface area (Å²) in [5, 5.41) is 9.18. The van der Waals surface area contributed by atoms with Crippen LogP contribution < -0.4 is 0 Å². The van der Waals surface area contributed by atoms with E-state index in [0.717, 1.165) is 6.42 Å². The fourth-order valence-electron chi connectivity index (χ4n) is 2.63. The maximum absolute atomic E-state index is 12.3. The van der Waals surface area contributed by atoms with Crippen molar-refractivity contribution in [3.63, 3.8) is 0 Å². The summed E-state index contributed by atoms with van der Waals surface area (Å²) in [4.78, 5) is 14.1. The van der Waals surface area contributed by atoms with Gasteiger partial charge in [-0.2, -0.15) is 0 Å². The Morgan fingerprint density at radius 1 is 1.45 bits per heavy atom. The highest BCUT2D eigenvalue weighted by molar-refractivity contribution is 5.76. The van der Waals surface area contributed by atoms with Crippen molar-refractivity contribution in [2.75, 3.05) is 19.7 Å². The van der Waals surface area contributed by atoms with E-state index in [1.165, 1.54) is 11.1 Å². The molecule has 1 aromatic carbocycles. The molecule has 110 valence electrons. The SMILES string of the molecule is Cc1cccc(CCC(=O)N2CC(C)OC(CO)C2)c1. The second-order valence-electron chi connectivity index (χ2n) is 5.54. The van der Waals surface area contributed by atoms with Gasteiger partial charge in [-0.15, -0.1) is 0 Å². The number of ether oxygens (including phenoxy) is 1. The van der Waals surface area contributed by atoms with Gasteiger partial charge in [0.1, 0.15) is 0 Å². The predicted octanol–water partition coefficient (Wildman–Crippen LogP) is 1.54. The zero-order valence-electron chi connectivity index (χ0n) is 12.2. The molecule has 1 fully saturated rings. The van der Waals surface area contributed by atoms with Crippen LogP contribution in [0.1, 0.15) is 24.5 Å². The number of aliphatic hydroxyl groups is 1. The minimum absolute atomic E-state index is 0.0104. The normalized spacial score (nSPS) is 22.9. The van der Waals surface area contributed by atoms with Crippen LogP contribution in [0.4, 0.5) is 0 Å². The molecule has 0 radical (unpaired) electrons. The Hall–Kier alpha value is -1.39. The molecule has 1 N–H and O–H groups in total. The molecular weight excluding hydrogens is 254 g/mol. The number of aryl methyl sites for hydroxylation is 2. The maximum atomic E-state index is 12.3. The van der Waals surface area contributed by atoms with Crippen LogP contribution in [0.2, 0.25) is 0 Å². The van der Waals surface area contributed by atoms with Crippen LogP contribution in [0.5, 0.6) is 0 Å². The summed E-state index contributed by atoms with van der Waals surface area (Å²) < 4.78 is 5.55. The third-order valence-corrected chi connectivity index (χ3v) is 3.59. The summed E-state index contributed by atoms with van der Waals surface area (Å²) >= 11 is 0. The minimum Gasteiger partial charge on any atom is -0.394 e. The largest absolute Gasteiger partial charge is 0.394 e. The first-order chi connectivity index (χ1) is 9.58. The van der Waals surface area contributed by atoms with Gasteiger partial charge >= 0.3 is 0 Å². The zero-order chi connectivity index (χ0) is 14.5. The summed E-state index contributed by atoms with van der Waals surface area (Å²) in [7, 11) is 0. The van der Waals surface area contributed by atoms with Crippen LogP contribution in [-0.4, -0.2) is 47.8 Å². The van der Waals surface area contributed by atoms with Gasteiger partial charge in [-0.25, -0.2) is 0 Å². The quantitative estimate of drug-likeness (QED) is 0.908. The second-order valence-corrected chi connectivity index (χ2v) is 5.54. The van der Waals surface area contributed by atoms with Gasteiger partial charge in [0.2, 0.25) is 5.91 Å². The van der Waals surface area contributed by atoms with E-state index in [1.54, 1.807) is 0 Å². The monoisotopic (exact) mass is 277 g/mol. The molecule has 2 rings (SSSR count). The lowest BCUT2D eigenvalue weighted by molar-refractivity contribution is -0.147. The summed E-state index contributed by atoms with van der Waals surface area (Å²) in [6.45, 7) is 5.06. The van der Waals surface area contributed by atoms with Crippen molar-refractivity contribution in [3.8, 4) is 0 Å². The molecule has 0 aliphatic carbocycles. The molecule has 1 aliphatic heterocycles. The smallest absolute Gasteiger partial charge is 0.223 e. The van der Waals surface area contributed by atoms with Gasteiger partial charge in [-0.1, -0.05) is 29.8 Å². The van der Waals surface area contributed by atoms with Crippen molar-refractivity contribution in [1.29, 1.82) is 0 Å². The lowest BCUT2D eigenvalue weighted by Crippen LogP contribution is -2.50. The highest BCUT2D eigenvalue weighted by Crippen LogP contribution is 2.13. The summed E-state index contributed by atoms with van der Waals surface area (Å²) in [5.74, 6) is 0.139. The van der Waals surface area contributed by atoms with Gasteiger partial charge in [0.25, 0.3) is 0 Å². The van der Waals surface area contributed by atoms with E-state index in [9.17, 15) is 9.90 Å². The average molecular weight is 277 g/mol. The molecule has 1 aliphatic rings. The number of morpholine rings is 1. The lowest BCUT2D eigenvalue weighted by atomic mass is 10.1. The average Bonchev–Trinajstić information content (AvgIpc) is 2.44. The van der Waals surface area contributed by atoms with E-state index < -0.39 is 0 Å². The Bertz CT molecular complexity index is 461. The number of amides is 1. The molecule has 0 aromatic heterocycles. The van der Waals surface area contributed by atoms with Gasteiger partial charge in [0.15, 0.2) is 0 Å². The van der Waals surface area contributed by atoms with Gasteiger partial charge < -0.3 is 14.7 Å². The van der Waals surface area contributed by atoms with E-state index in [1.807, 2.05) is 17.9 Å². The number of carbonyl (C=O) groups excluding carboxylic acids is 1. The minimum atomic E-state index is -0.248. The third-order valence-electron chi connectivity index (χ3n) is 3.59. The number of benzene rings is 1. The lowest BCUT2D eigenvalue weighted by Gasteiger charge is -2.36. The molecule has 1 saturated heterocycles. The molecule has 2 atom stereocenters. The molecule has 4 heteroatoms. The molecule has 0 saturated carbocycles. The molecule has 2 unspecified atom stereocenters. The van der Waals surface area contributed by atoms with Crippen LogP contribution in [0.3, 0.4) is 0 Å².